The van der Waals surface area contributed by atoms with Gasteiger partial charge < -0.3 is 9.64 Å². The molecule has 1 aliphatic heterocycles. The van der Waals surface area contributed by atoms with Crippen LogP contribution >= 0.6 is 11.8 Å². The molecule has 0 atom stereocenters. The lowest BCUT2D eigenvalue weighted by atomic mass is 9.79. The van der Waals surface area contributed by atoms with Crippen molar-refractivity contribution in [3.05, 3.63) is 54.1 Å². The smallest absolute Gasteiger partial charge is 0.416 e. The molecule has 0 bridgehead atoms. The van der Waals surface area contributed by atoms with Crippen LogP contribution in [0.4, 0.5) is 24.5 Å². The van der Waals surface area contributed by atoms with E-state index in [2.05, 4.69) is 9.89 Å². The average molecular weight is 448 g/mol. The van der Waals surface area contributed by atoms with Gasteiger partial charge in [-0.1, -0.05) is 37.1 Å². The second kappa shape index (κ2) is 8.57. The molecule has 0 amide bonds. The van der Waals surface area contributed by atoms with E-state index >= 15 is 0 Å². The Kier molecular flexibility index (Phi) is 6.01. The normalized spacial score (nSPS) is 19.7. The van der Waals surface area contributed by atoms with Crippen LogP contribution in [-0.2, 0) is 6.18 Å². The first kappa shape index (κ1) is 21.7. The fraction of sp³-hybridized carbons (Fsp3) is 0.391. The molecule has 0 aromatic heterocycles. The van der Waals surface area contributed by atoms with Gasteiger partial charge >= 0.3 is 6.18 Å². The van der Waals surface area contributed by atoms with Gasteiger partial charge in [-0.15, -0.1) is 0 Å². The molecule has 0 saturated heterocycles. The van der Waals surface area contributed by atoms with Gasteiger partial charge in [0.25, 0.3) is 0 Å². The van der Waals surface area contributed by atoms with Gasteiger partial charge in [0, 0.05) is 5.69 Å². The minimum Gasteiger partial charge on any atom is -0.497 e. The van der Waals surface area contributed by atoms with Crippen LogP contribution in [-0.4, -0.2) is 29.9 Å². The fourth-order valence-corrected chi connectivity index (χ4v) is 4.98. The minimum absolute atomic E-state index is 0.274. The quantitative estimate of drug-likeness (QED) is 0.526. The standard InChI is InChI=1S/C23H24F3N3OS/c1-30-19-11-9-18(10-12-19)29-21(31-2)28-20(22(29)13-4-3-5-14-22)27-17-8-6-7-16(15-17)23(24,25)26/h6-12,15H,3-5,13-14H2,1-2H3. The zero-order chi connectivity index (χ0) is 22.1. The van der Waals surface area contributed by atoms with E-state index in [0.717, 1.165) is 60.8 Å². The number of methoxy groups -OCH3 is 1. The Bertz CT molecular complexity index is 996. The molecule has 8 heteroatoms. The van der Waals surface area contributed by atoms with Crippen molar-refractivity contribution in [1.29, 1.82) is 0 Å². The molecular weight excluding hydrogens is 423 g/mol. The van der Waals surface area contributed by atoms with Crippen molar-refractivity contribution in [2.24, 2.45) is 9.98 Å². The van der Waals surface area contributed by atoms with Crippen LogP contribution in [0, 0.1) is 0 Å². The molecule has 31 heavy (non-hydrogen) atoms. The van der Waals surface area contributed by atoms with Crippen molar-refractivity contribution >= 4 is 34.1 Å². The minimum atomic E-state index is -4.41. The molecule has 1 aliphatic carbocycles. The first-order valence-electron chi connectivity index (χ1n) is 10.2. The summed E-state index contributed by atoms with van der Waals surface area (Å²) in [5.74, 6) is 1.35. The van der Waals surface area contributed by atoms with Crippen LogP contribution in [0.15, 0.2) is 58.5 Å². The summed E-state index contributed by atoms with van der Waals surface area (Å²) in [6, 6.07) is 13.0. The third kappa shape index (κ3) is 4.18. The van der Waals surface area contributed by atoms with Crippen molar-refractivity contribution in [2.75, 3.05) is 18.3 Å². The molecule has 0 radical (unpaired) electrons. The number of alkyl halides is 3. The number of rotatable bonds is 3. The molecule has 1 fully saturated rings. The van der Waals surface area contributed by atoms with Gasteiger partial charge in [-0.25, -0.2) is 9.98 Å². The van der Waals surface area contributed by atoms with Crippen LogP contribution in [0.5, 0.6) is 5.75 Å². The highest BCUT2D eigenvalue weighted by Gasteiger charge is 2.49. The van der Waals surface area contributed by atoms with Gasteiger partial charge in [0.2, 0.25) is 0 Å². The zero-order valence-electron chi connectivity index (χ0n) is 17.4. The predicted molar refractivity (Wildman–Crippen MR) is 121 cm³/mol. The number of aliphatic imine (C=N–C) groups is 2. The highest BCUT2D eigenvalue weighted by atomic mass is 32.2. The summed E-state index contributed by atoms with van der Waals surface area (Å²) in [6.07, 6.45) is 2.42. The predicted octanol–water partition coefficient (Wildman–Crippen LogP) is 6.69. The number of anilines is 1. The molecule has 1 saturated carbocycles. The van der Waals surface area contributed by atoms with Gasteiger partial charge in [-0.2, -0.15) is 13.2 Å². The summed E-state index contributed by atoms with van der Waals surface area (Å²) in [5, 5.41) is 0.804. The monoisotopic (exact) mass is 447 g/mol. The van der Waals surface area contributed by atoms with E-state index in [0.29, 0.717) is 5.84 Å². The molecule has 0 unspecified atom stereocenters. The summed E-state index contributed by atoms with van der Waals surface area (Å²) in [6.45, 7) is 0. The molecule has 0 N–H and O–H groups in total. The van der Waals surface area contributed by atoms with Crippen LogP contribution in [0.25, 0.3) is 0 Å². The summed E-state index contributed by atoms with van der Waals surface area (Å²) in [5.41, 5.74) is 0.0890. The fourth-order valence-electron chi connectivity index (χ4n) is 4.34. The Hall–Kier alpha value is -2.48. The summed E-state index contributed by atoms with van der Waals surface area (Å²) < 4.78 is 44.9. The van der Waals surface area contributed by atoms with Gasteiger partial charge in [0.05, 0.1) is 18.4 Å². The summed E-state index contributed by atoms with van der Waals surface area (Å²) in [7, 11) is 1.63. The topological polar surface area (TPSA) is 37.2 Å². The SMILES string of the molecule is COc1ccc(N2C(SC)=NC(=Nc3cccc(C(F)(F)F)c3)C23CCCCC3)cc1. The van der Waals surface area contributed by atoms with Crippen molar-refractivity contribution in [1.82, 2.24) is 0 Å². The van der Waals surface area contributed by atoms with Crippen LogP contribution in [0.1, 0.15) is 37.7 Å². The van der Waals surface area contributed by atoms with E-state index in [4.69, 9.17) is 9.73 Å². The Labute approximate surface area is 184 Å². The van der Waals surface area contributed by atoms with Crippen LogP contribution < -0.4 is 9.64 Å². The largest absolute Gasteiger partial charge is 0.497 e. The van der Waals surface area contributed by atoms with Crippen LogP contribution in [0.3, 0.4) is 0 Å². The number of nitrogens with zero attached hydrogens (tertiary/aromatic N) is 3. The Morgan fingerprint density at radius 2 is 1.77 bits per heavy atom. The van der Waals surface area contributed by atoms with E-state index in [1.54, 1.807) is 13.2 Å². The van der Waals surface area contributed by atoms with Crippen LogP contribution in [0.2, 0.25) is 0 Å². The summed E-state index contributed by atoms with van der Waals surface area (Å²) in [4.78, 5) is 11.7. The first-order valence-corrected chi connectivity index (χ1v) is 11.4. The number of amidine groups is 2. The highest BCUT2D eigenvalue weighted by molar-refractivity contribution is 8.13. The van der Waals surface area contributed by atoms with Crippen molar-refractivity contribution in [2.45, 2.75) is 43.8 Å². The lowest BCUT2D eigenvalue weighted by Gasteiger charge is -2.42. The lowest BCUT2D eigenvalue weighted by molar-refractivity contribution is -0.137. The van der Waals surface area contributed by atoms with Gasteiger partial charge in [-0.05, 0) is 61.6 Å². The maximum Gasteiger partial charge on any atom is 0.416 e. The number of benzene rings is 2. The Morgan fingerprint density at radius 1 is 1.06 bits per heavy atom. The average Bonchev–Trinajstić information content (AvgIpc) is 3.06. The van der Waals surface area contributed by atoms with E-state index in [1.165, 1.54) is 17.8 Å². The molecule has 2 aromatic rings. The molecule has 1 spiro atoms. The van der Waals surface area contributed by atoms with Crippen molar-refractivity contribution in [3.63, 3.8) is 0 Å². The number of hydrogen-bond acceptors (Lipinski definition) is 4. The molecule has 4 rings (SSSR count). The molecule has 4 nitrogen and oxygen atoms in total. The first-order chi connectivity index (χ1) is 14.9. The molecule has 164 valence electrons. The Morgan fingerprint density at radius 3 is 2.39 bits per heavy atom. The number of hydrogen-bond donors (Lipinski definition) is 0. The lowest BCUT2D eigenvalue weighted by Crippen LogP contribution is -2.52. The second-order valence-electron chi connectivity index (χ2n) is 7.71. The van der Waals surface area contributed by atoms with Crippen molar-refractivity contribution in [3.8, 4) is 5.75 Å². The van der Waals surface area contributed by atoms with Gasteiger partial charge in [0.1, 0.15) is 11.3 Å². The maximum atomic E-state index is 13.2. The molecule has 2 aromatic carbocycles. The molecule has 1 heterocycles. The van der Waals surface area contributed by atoms with E-state index in [9.17, 15) is 13.2 Å². The van der Waals surface area contributed by atoms with E-state index < -0.39 is 17.3 Å². The van der Waals surface area contributed by atoms with Gasteiger partial charge in [-0.3, -0.25) is 0 Å². The van der Waals surface area contributed by atoms with E-state index in [-0.39, 0.29) is 5.69 Å². The zero-order valence-corrected chi connectivity index (χ0v) is 18.3. The number of halogens is 3. The van der Waals surface area contributed by atoms with E-state index in [1.807, 2.05) is 30.5 Å². The summed E-state index contributed by atoms with van der Waals surface area (Å²) >= 11 is 1.52. The number of thioether (sulfide) groups is 1. The maximum absolute atomic E-state index is 13.2. The van der Waals surface area contributed by atoms with Crippen molar-refractivity contribution < 1.29 is 17.9 Å². The third-order valence-electron chi connectivity index (χ3n) is 5.84. The second-order valence-corrected chi connectivity index (χ2v) is 8.48. The molecular formula is C23H24F3N3OS. The highest BCUT2D eigenvalue weighted by Crippen LogP contribution is 2.44. The number of ether oxygens (including phenoxy) is 1. The van der Waals surface area contributed by atoms with Gasteiger partial charge in [0.15, 0.2) is 11.0 Å². The Balaban J connectivity index is 1.80. The third-order valence-corrected chi connectivity index (χ3v) is 6.48. The molecule has 2 aliphatic rings.